The first-order valence-corrected chi connectivity index (χ1v) is 14.6. The summed E-state index contributed by atoms with van der Waals surface area (Å²) in [5.41, 5.74) is -0.480. The van der Waals surface area contributed by atoms with Crippen molar-refractivity contribution in [2.24, 2.45) is 5.92 Å². The SMILES string of the molecule is CCCCC(CCC)Oc1ccccc1OC(=O)c1ccc(OCCCCCCCCC2CC2)c(F)c1F. The Morgan fingerprint density at radius 1 is 0.816 bits per heavy atom. The van der Waals surface area contributed by atoms with Crippen LogP contribution < -0.4 is 14.2 Å². The van der Waals surface area contributed by atoms with E-state index < -0.39 is 23.2 Å². The van der Waals surface area contributed by atoms with Gasteiger partial charge < -0.3 is 14.2 Å². The summed E-state index contributed by atoms with van der Waals surface area (Å²) in [6.45, 7) is 4.53. The first-order chi connectivity index (χ1) is 18.5. The van der Waals surface area contributed by atoms with Crippen LogP contribution >= 0.6 is 0 Å². The van der Waals surface area contributed by atoms with Gasteiger partial charge in [0.05, 0.1) is 18.3 Å². The second-order valence-electron chi connectivity index (χ2n) is 10.4. The van der Waals surface area contributed by atoms with Crippen molar-refractivity contribution >= 4 is 5.97 Å². The molecule has 1 fully saturated rings. The molecule has 0 aliphatic heterocycles. The van der Waals surface area contributed by atoms with Gasteiger partial charge in [-0.15, -0.1) is 0 Å². The highest BCUT2D eigenvalue weighted by molar-refractivity contribution is 5.91. The number of carbonyl (C=O) groups is 1. The molecule has 0 N–H and O–H groups in total. The Balaban J connectivity index is 1.49. The van der Waals surface area contributed by atoms with Crippen LogP contribution in [0.15, 0.2) is 36.4 Å². The number of benzene rings is 2. The predicted molar refractivity (Wildman–Crippen MR) is 147 cm³/mol. The van der Waals surface area contributed by atoms with Crippen molar-refractivity contribution in [1.29, 1.82) is 0 Å². The molecule has 0 bridgehead atoms. The van der Waals surface area contributed by atoms with Crippen molar-refractivity contribution in [2.75, 3.05) is 6.61 Å². The van der Waals surface area contributed by atoms with Crippen molar-refractivity contribution in [1.82, 2.24) is 0 Å². The Morgan fingerprint density at radius 3 is 2.24 bits per heavy atom. The summed E-state index contributed by atoms with van der Waals surface area (Å²) in [5.74, 6) is -2.02. The number of halogens is 2. The minimum atomic E-state index is -1.27. The molecule has 1 aliphatic carbocycles. The molecule has 0 saturated heterocycles. The Kier molecular flexibility index (Phi) is 12.9. The molecule has 1 unspecified atom stereocenters. The van der Waals surface area contributed by atoms with E-state index in [-0.39, 0.29) is 17.6 Å². The van der Waals surface area contributed by atoms with E-state index in [0.29, 0.717) is 12.4 Å². The fourth-order valence-corrected chi connectivity index (χ4v) is 4.61. The summed E-state index contributed by atoms with van der Waals surface area (Å²) in [4.78, 5) is 12.8. The lowest BCUT2D eigenvalue weighted by Crippen LogP contribution is -2.18. The Morgan fingerprint density at radius 2 is 1.53 bits per heavy atom. The summed E-state index contributed by atoms with van der Waals surface area (Å²) in [7, 11) is 0. The molecule has 0 spiro atoms. The van der Waals surface area contributed by atoms with Crippen molar-refractivity contribution in [3.63, 3.8) is 0 Å². The van der Waals surface area contributed by atoms with Gasteiger partial charge in [-0.05, 0) is 49.4 Å². The number of hydrogen-bond donors (Lipinski definition) is 0. The van der Waals surface area contributed by atoms with Crippen LogP contribution in [0.25, 0.3) is 0 Å². The van der Waals surface area contributed by atoms with Gasteiger partial charge in [-0.3, -0.25) is 0 Å². The van der Waals surface area contributed by atoms with Crippen LogP contribution in [-0.2, 0) is 0 Å². The lowest BCUT2D eigenvalue weighted by atomic mass is 10.1. The third-order valence-electron chi connectivity index (χ3n) is 7.06. The van der Waals surface area contributed by atoms with E-state index in [9.17, 15) is 13.6 Å². The van der Waals surface area contributed by atoms with E-state index in [0.717, 1.165) is 57.3 Å². The number of carbonyl (C=O) groups excluding carboxylic acids is 1. The largest absolute Gasteiger partial charge is 0.490 e. The van der Waals surface area contributed by atoms with Crippen LogP contribution in [-0.4, -0.2) is 18.7 Å². The van der Waals surface area contributed by atoms with Crippen molar-refractivity contribution in [3.8, 4) is 17.2 Å². The molecule has 0 radical (unpaired) electrons. The number of rotatable bonds is 19. The molecule has 0 heterocycles. The van der Waals surface area contributed by atoms with Crippen LogP contribution in [0.4, 0.5) is 8.78 Å². The lowest BCUT2D eigenvalue weighted by molar-refractivity contribution is 0.0714. The molecule has 3 rings (SSSR count). The summed E-state index contributed by atoms with van der Waals surface area (Å²) in [6.07, 6.45) is 15.7. The Bertz CT molecular complexity index is 989. The van der Waals surface area contributed by atoms with Gasteiger partial charge in [0.1, 0.15) is 0 Å². The number of para-hydroxylation sites is 2. The average Bonchev–Trinajstić information content (AvgIpc) is 3.74. The quantitative estimate of drug-likeness (QED) is 0.103. The number of esters is 1. The zero-order valence-corrected chi connectivity index (χ0v) is 23.1. The van der Waals surface area contributed by atoms with Gasteiger partial charge >= 0.3 is 5.97 Å². The normalized spacial score (nSPS) is 13.8. The minimum Gasteiger partial charge on any atom is -0.490 e. The molecule has 0 aromatic heterocycles. The Labute approximate surface area is 227 Å². The zero-order chi connectivity index (χ0) is 27.2. The van der Waals surface area contributed by atoms with Gasteiger partial charge in [0.15, 0.2) is 23.1 Å². The number of hydrogen-bond acceptors (Lipinski definition) is 4. The molecular formula is C32H44F2O4. The first-order valence-electron chi connectivity index (χ1n) is 14.6. The van der Waals surface area contributed by atoms with Gasteiger partial charge in [-0.2, -0.15) is 4.39 Å². The standard InChI is InChI=1S/C32H44F2O4/c1-3-5-16-25(14-4-2)37-27-17-11-12-18-28(27)38-32(35)26-21-22-29(31(34)30(26)33)36-23-13-9-7-6-8-10-15-24-19-20-24/h11-12,17-18,21-22,24-25H,3-10,13-16,19-20,23H2,1-2H3. The smallest absolute Gasteiger partial charge is 0.346 e. The van der Waals surface area contributed by atoms with Crippen molar-refractivity contribution < 1.29 is 27.8 Å². The van der Waals surface area contributed by atoms with E-state index >= 15 is 0 Å². The molecule has 2 aromatic carbocycles. The summed E-state index contributed by atoms with van der Waals surface area (Å²) in [5, 5.41) is 0. The molecular weight excluding hydrogens is 486 g/mol. The van der Waals surface area contributed by atoms with Gasteiger partial charge in [0.2, 0.25) is 5.82 Å². The van der Waals surface area contributed by atoms with E-state index in [2.05, 4.69) is 13.8 Å². The van der Waals surface area contributed by atoms with E-state index in [1.165, 1.54) is 50.7 Å². The highest BCUT2D eigenvalue weighted by Crippen LogP contribution is 2.34. The van der Waals surface area contributed by atoms with Crippen LogP contribution in [0.1, 0.15) is 114 Å². The van der Waals surface area contributed by atoms with Crippen LogP contribution in [0.5, 0.6) is 17.2 Å². The van der Waals surface area contributed by atoms with Crippen LogP contribution in [0.2, 0.25) is 0 Å². The average molecular weight is 531 g/mol. The molecule has 210 valence electrons. The highest BCUT2D eigenvalue weighted by atomic mass is 19.2. The fraction of sp³-hybridized carbons (Fsp3) is 0.594. The molecule has 6 heteroatoms. The molecule has 2 aromatic rings. The first kappa shape index (κ1) is 29.9. The lowest BCUT2D eigenvalue weighted by Gasteiger charge is -2.20. The van der Waals surface area contributed by atoms with E-state index in [1.54, 1.807) is 24.3 Å². The van der Waals surface area contributed by atoms with Gasteiger partial charge in [0, 0.05) is 0 Å². The summed E-state index contributed by atoms with van der Waals surface area (Å²) < 4.78 is 46.5. The molecule has 4 nitrogen and oxygen atoms in total. The highest BCUT2D eigenvalue weighted by Gasteiger charge is 2.23. The van der Waals surface area contributed by atoms with E-state index in [4.69, 9.17) is 14.2 Å². The second kappa shape index (κ2) is 16.4. The topological polar surface area (TPSA) is 44.8 Å². The molecule has 1 saturated carbocycles. The van der Waals surface area contributed by atoms with Crippen LogP contribution in [0.3, 0.4) is 0 Å². The molecule has 0 amide bonds. The maximum Gasteiger partial charge on any atom is 0.346 e. The number of unbranched alkanes of at least 4 members (excludes halogenated alkanes) is 6. The van der Waals surface area contributed by atoms with Gasteiger partial charge in [-0.1, -0.05) is 96.6 Å². The third kappa shape index (κ3) is 9.92. The number of ether oxygens (including phenoxy) is 3. The van der Waals surface area contributed by atoms with Crippen molar-refractivity contribution in [3.05, 3.63) is 53.6 Å². The molecule has 38 heavy (non-hydrogen) atoms. The maximum atomic E-state index is 14.8. The van der Waals surface area contributed by atoms with Crippen LogP contribution in [0, 0.1) is 17.6 Å². The fourth-order valence-electron chi connectivity index (χ4n) is 4.61. The monoisotopic (exact) mass is 530 g/mol. The molecule has 1 aliphatic rings. The third-order valence-corrected chi connectivity index (χ3v) is 7.06. The zero-order valence-electron chi connectivity index (χ0n) is 23.1. The molecule has 1 atom stereocenters. The second-order valence-corrected chi connectivity index (χ2v) is 10.4. The van der Waals surface area contributed by atoms with Gasteiger partial charge in [0.25, 0.3) is 0 Å². The Hall–Kier alpha value is -2.63. The van der Waals surface area contributed by atoms with E-state index in [1.807, 2.05) is 0 Å². The maximum absolute atomic E-state index is 14.8. The predicted octanol–water partition coefficient (Wildman–Crippen LogP) is 9.44. The minimum absolute atomic E-state index is 0.00209. The van der Waals surface area contributed by atoms with Crippen molar-refractivity contribution in [2.45, 2.75) is 110 Å². The van der Waals surface area contributed by atoms with Gasteiger partial charge in [-0.25, -0.2) is 9.18 Å². The summed E-state index contributed by atoms with van der Waals surface area (Å²) in [6, 6.07) is 9.31. The summed E-state index contributed by atoms with van der Waals surface area (Å²) >= 11 is 0.